The molecule has 1 heterocycles. The molecule has 1 saturated heterocycles. The highest BCUT2D eigenvalue weighted by Gasteiger charge is 2.30. The van der Waals surface area contributed by atoms with Crippen LogP contribution in [-0.4, -0.2) is 32.3 Å². The van der Waals surface area contributed by atoms with Gasteiger partial charge in [-0.25, -0.2) is 0 Å². The van der Waals surface area contributed by atoms with Crippen LogP contribution in [-0.2, 0) is 0 Å². The van der Waals surface area contributed by atoms with Gasteiger partial charge in [0.05, 0.1) is 12.1 Å². The molecule has 0 atom stereocenters. The Morgan fingerprint density at radius 3 is 2.75 bits per heavy atom. The molecular weight excluding hydrogens is 272 g/mol. The Kier molecular flexibility index (Phi) is 5.17. The van der Waals surface area contributed by atoms with Crippen molar-refractivity contribution in [2.45, 2.75) is 38.6 Å². The molecular formula is C16H25ClN2O. The van der Waals surface area contributed by atoms with E-state index in [1.54, 1.807) is 7.11 Å². The minimum absolute atomic E-state index is 0.212. The minimum atomic E-state index is 0.212. The summed E-state index contributed by atoms with van der Waals surface area (Å²) in [6.07, 6.45) is 3.45. The second-order valence-electron chi connectivity index (χ2n) is 5.51. The molecule has 3 nitrogen and oxygen atoms in total. The Morgan fingerprint density at radius 1 is 1.35 bits per heavy atom. The van der Waals surface area contributed by atoms with Crippen molar-refractivity contribution in [1.29, 1.82) is 0 Å². The molecule has 1 aliphatic rings. The summed E-state index contributed by atoms with van der Waals surface area (Å²) in [5.74, 6) is 0.750. The van der Waals surface area contributed by atoms with E-state index in [9.17, 15) is 0 Å². The van der Waals surface area contributed by atoms with Crippen LogP contribution >= 0.6 is 11.6 Å². The van der Waals surface area contributed by atoms with Crippen LogP contribution < -0.4 is 15.0 Å². The molecule has 4 heteroatoms. The maximum absolute atomic E-state index is 6.12. The molecule has 1 aromatic rings. The Balaban J connectivity index is 2.26. The molecule has 0 amide bonds. The van der Waals surface area contributed by atoms with Crippen molar-refractivity contribution in [1.82, 2.24) is 5.32 Å². The van der Waals surface area contributed by atoms with Gasteiger partial charge in [-0.1, -0.05) is 25.4 Å². The molecule has 0 radical (unpaired) electrons. The molecule has 2 rings (SSSR count). The highest BCUT2D eigenvalue weighted by Crippen LogP contribution is 2.31. The van der Waals surface area contributed by atoms with E-state index >= 15 is 0 Å². The largest absolute Gasteiger partial charge is 0.495 e. The Bertz CT molecular complexity index is 446. The predicted octanol–water partition coefficient (Wildman–Crippen LogP) is 3.71. The molecule has 1 aliphatic heterocycles. The van der Waals surface area contributed by atoms with E-state index in [1.807, 2.05) is 12.1 Å². The van der Waals surface area contributed by atoms with Gasteiger partial charge in [0.1, 0.15) is 5.75 Å². The van der Waals surface area contributed by atoms with Crippen molar-refractivity contribution in [3.05, 3.63) is 23.2 Å². The fraction of sp³-hybridized carbons (Fsp3) is 0.625. The topological polar surface area (TPSA) is 24.5 Å². The molecule has 0 saturated carbocycles. The van der Waals surface area contributed by atoms with Gasteiger partial charge in [-0.3, -0.25) is 0 Å². The third-order valence-corrected chi connectivity index (χ3v) is 4.76. The maximum Gasteiger partial charge on any atom is 0.139 e. The van der Waals surface area contributed by atoms with E-state index in [4.69, 9.17) is 16.3 Å². The minimum Gasteiger partial charge on any atom is -0.495 e. The lowest BCUT2D eigenvalue weighted by Gasteiger charge is -2.36. The molecule has 0 aliphatic carbocycles. The summed E-state index contributed by atoms with van der Waals surface area (Å²) in [5.41, 5.74) is 1.41. The average Bonchev–Trinajstić information content (AvgIpc) is 2.71. The van der Waals surface area contributed by atoms with E-state index in [2.05, 4.69) is 30.1 Å². The lowest BCUT2D eigenvalue weighted by molar-refractivity contribution is 0.321. The normalized spacial score (nSPS) is 18.7. The Hall–Kier alpha value is -0.930. The predicted molar refractivity (Wildman–Crippen MR) is 86.1 cm³/mol. The first-order chi connectivity index (χ1) is 9.64. The Labute approximate surface area is 127 Å². The van der Waals surface area contributed by atoms with Crippen LogP contribution in [0.25, 0.3) is 0 Å². The summed E-state index contributed by atoms with van der Waals surface area (Å²) in [7, 11) is 1.66. The third kappa shape index (κ3) is 3.21. The zero-order valence-corrected chi connectivity index (χ0v) is 13.5. The van der Waals surface area contributed by atoms with E-state index < -0.39 is 0 Å². The summed E-state index contributed by atoms with van der Waals surface area (Å²) in [5, 5.41) is 4.40. The summed E-state index contributed by atoms with van der Waals surface area (Å²) in [6, 6.07) is 6.06. The molecule has 20 heavy (non-hydrogen) atoms. The van der Waals surface area contributed by atoms with E-state index in [1.165, 1.54) is 5.69 Å². The monoisotopic (exact) mass is 296 g/mol. The number of halogens is 1. The fourth-order valence-corrected chi connectivity index (χ4v) is 3.11. The Morgan fingerprint density at radius 2 is 2.10 bits per heavy atom. The van der Waals surface area contributed by atoms with Gasteiger partial charge in [0.2, 0.25) is 0 Å². The maximum atomic E-state index is 6.12. The quantitative estimate of drug-likeness (QED) is 0.917. The van der Waals surface area contributed by atoms with Crippen molar-refractivity contribution >= 4 is 17.3 Å². The number of hydrogen-bond acceptors (Lipinski definition) is 3. The number of ether oxygens (including phenoxy) is 1. The van der Waals surface area contributed by atoms with Crippen LogP contribution in [0.2, 0.25) is 5.02 Å². The van der Waals surface area contributed by atoms with Crippen molar-refractivity contribution in [2.24, 2.45) is 0 Å². The lowest BCUT2D eigenvalue weighted by Crippen LogP contribution is -2.50. The molecule has 0 spiro atoms. The number of nitrogens with one attached hydrogen (secondary N) is 1. The standard InChI is InChI=1S/C16H25ClN2O/c1-4-16(5-2)12-19(10-6-9-18-16)13-7-8-14(17)15(11-13)20-3/h7-8,11,18H,4-6,9-10,12H2,1-3H3. The number of methoxy groups -OCH3 is 1. The zero-order valence-electron chi connectivity index (χ0n) is 12.7. The van der Waals surface area contributed by atoms with E-state index in [0.717, 1.165) is 44.6 Å². The summed E-state index contributed by atoms with van der Waals surface area (Å²) in [4.78, 5) is 2.45. The molecule has 1 N–H and O–H groups in total. The van der Waals surface area contributed by atoms with Gasteiger partial charge in [0, 0.05) is 30.4 Å². The van der Waals surface area contributed by atoms with Gasteiger partial charge in [0.15, 0.2) is 0 Å². The van der Waals surface area contributed by atoms with Crippen molar-refractivity contribution in [3.63, 3.8) is 0 Å². The van der Waals surface area contributed by atoms with Gasteiger partial charge in [-0.15, -0.1) is 0 Å². The molecule has 1 fully saturated rings. The van der Waals surface area contributed by atoms with Crippen LogP contribution in [0.15, 0.2) is 18.2 Å². The second kappa shape index (κ2) is 6.68. The van der Waals surface area contributed by atoms with Crippen LogP contribution in [0.3, 0.4) is 0 Å². The van der Waals surface area contributed by atoms with Gasteiger partial charge < -0.3 is 15.0 Å². The van der Waals surface area contributed by atoms with E-state index in [0.29, 0.717) is 5.02 Å². The SMILES string of the molecule is CCC1(CC)CN(c2ccc(Cl)c(OC)c2)CCCN1. The first kappa shape index (κ1) is 15.5. The van der Waals surface area contributed by atoms with Gasteiger partial charge in [-0.05, 0) is 37.9 Å². The first-order valence-corrected chi connectivity index (χ1v) is 7.85. The fourth-order valence-electron chi connectivity index (χ4n) is 2.91. The van der Waals surface area contributed by atoms with Gasteiger partial charge in [0.25, 0.3) is 0 Å². The highest BCUT2D eigenvalue weighted by molar-refractivity contribution is 6.32. The van der Waals surface area contributed by atoms with Crippen LogP contribution in [0, 0.1) is 0 Å². The molecule has 0 aromatic heterocycles. The smallest absolute Gasteiger partial charge is 0.139 e. The summed E-state index contributed by atoms with van der Waals surface area (Å²) >= 11 is 6.12. The molecule has 1 aromatic carbocycles. The number of hydrogen-bond donors (Lipinski definition) is 1. The number of benzene rings is 1. The van der Waals surface area contributed by atoms with Crippen LogP contribution in [0.1, 0.15) is 33.1 Å². The third-order valence-electron chi connectivity index (χ3n) is 4.45. The molecule has 0 unspecified atom stereocenters. The summed E-state index contributed by atoms with van der Waals surface area (Å²) in [6.45, 7) is 7.72. The van der Waals surface area contributed by atoms with Gasteiger partial charge in [-0.2, -0.15) is 0 Å². The first-order valence-electron chi connectivity index (χ1n) is 7.47. The number of nitrogens with zero attached hydrogens (tertiary/aromatic N) is 1. The lowest BCUT2D eigenvalue weighted by atomic mass is 9.92. The summed E-state index contributed by atoms with van der Waals surface area (Å²) < 4.78 is 5.34. The van der Waals surface area contributed by atoms with Crippen molar-refractivity contribution in [3.8, 4) is 5.75 Å². The van der Waals surface area contributed by atoms with Crippen molar-refractivity contribution < 1.29 is 4.74 Å². The molecule has 112 valence electrons. The molecule has 0 bridgehead atoms. The number of anilines is 1. The van der Waals surface area contributed by atoms with E-state index in [-0.39, 0.29) is 5.54 Å². The van der Waals surface area contributed by atoms with Crippen LogP contribution in [0.5, 0.6) is 5.75 Å². The second-order valence-corrected chi connectivity index (χ2v) is 5.92. The van der Waals surface area contributed by atoms with Crippen LogP contribution in [0.4, 0.5) is 5.69 Å². The van der Waals surface area contributed by atoms with Crippen molar-refractivity contribution in [2.75, 3.05) is 31.6 Å². The zero-order chi connectivity index (χ0) is 14.6. The average molecular weight is 297 g/mol. The highest BCUT2D eigenvalue weighted by atomic mass is 35.5. The van der Waals surface area contributed by atoms with Gasteiger partial charge >= 0.3 is 0 Å². The number of rotatable bonds is 4.